The molecule has 0 unspecified atom stereocenters. The van der Waals surface area contributed by atoms with Crippen LogP contribution >= 0.6 is 0 Å². The summed E-state index contributed by atoms with van der Waals surface area (Å²) in [5.74, 6) is -2.08. The molecule has 0 bridgehead atoms. The lowest BCUT2D eigenvalue weighted by Crippen LogP contribution is -2.49. The van der Waals surface area contributed by atoms with Gasteiger partial charge in [-0.2, -0.15) is 0 Å². The lowest BCUT2D eigenvalue weighted by Gasteiger charge is -2.37. The molecule has 2 aromatic carbocycles. The number of fused-ring (bicyclic) bond motifs is 1. The first kappa shape index (κ1) is 21.5. The van der Waals surface area contributed by atoms with Gasteiger partial charge in [0.25, 0.3) is 5.91 Å². The highest BCUT2D eigenvalue weighted by Gasteiger charge is 2.31. The second-order valence-electron chi connectivity index (χ2n) is 7.39. The highest BCUT2D eigenvalue weighted by Crippen LogP contribution is 2.31. The minimum absolute atomic E-state index is 0.123. The molecule has 4 rings (SSSR count). The van der Waals surface area contributed by atoms with Crippen LogP contribution in [0.15, 0.2) is 46.9 Å². The van der Waals surface area contributed by atoms with E-state index in [4.69, 9.17) is 9.52 Å². The Kier molecular flexibility index (Phi) is 5.45. The number of aromatic carboxylic acids is 1. The molecule has 0 saturated carbocycles. The highest BCUT2D eigenvalue weighted by atomic mass is 19.4. The zero-order valence-corrected chi connectivity index (χ0v) is 17.0. The molecule has 1 aliphatic rings. The molecule has 0 aliphatic carbocycles. The van der Waals surface area contributed by atoms with E-state index < -0.39 is 18.1 Å². The van der Waals surface area contributed by atoms with E-state index in [-0.39, 0.29) is 17.2 Å². The van der Waals surface area contributed by atoms with Crippen molar-refractivity contribution in [1.82, 2.24) is 4.90 Å². The number of carbonyl (C=O) groups is 2. The number of piperazine rings is 1. The molecule has 1 aromatic heterocycles. The Morgan fingerprint density at radius 3 is 2.44 bits per heavy atom. The minimum atomic E-state index is -4.83. The average Bonchev–Trinajstić information content (AvgIpc) is 3.18. The maximum absolute atomic E-state index is 12.8. The van der Waals surface area contributed by atoms with E-state index in [1.54, 1.807) is 11.0 Å². The summed E-state index contributed by atoms with van der Waals surface area (Å²) in [6.07, 6.45) is -4.83. The molecule has 0 atom stereocenters. The molecule has 7 nitrogen and oxygen atoms in total. The van der Waals surface area contributed by atoms with E-state index in [0.29, 0.717) is 37.1 Å². The van der Waals surface area contributed by atoms with E-state index in [1.807, 2.05) is 13.0 Å². The van der Waals surface area contributed by atoms with Gasteiger partial charge < -0.3 is 24.1 Å². The van der Waals surface area contributed by atoms with Crippen LogP contribution in [0.4, 0.5) is 18.9 Å². The Hall–Kier alpha value is -3.69. The van der Waals surface area contributed by atoms with Gasteiger partial charge in [-0.25, -0.2) is 4.79 Å². The fraction of sp³-hybridized carbons (Fsp3) is 0.273. The van der Waals surface area contributed by atoms with Gasteiger partial charge in [0.05, 0.1) is 0 Å². The Morgan fingerprint density at radius 2 is 1.78 bits per heavy atom. The van der Waals surface area contributed by atoms with Crippen LogP contribution in [0.5, 0.6) is 5.75 Å². The van der Waals surface area contributed by atoms with Gasteiger partial charge in [0.2, 0.25) is 5.76 Å². The summed E-state index contributed by atoms with van der Waals surface area (Å²) in [7, 11) is 0. The summed E-state index contributed by atoms with van der Waals surface area (Å²) in [6.45, 7) is 3.67. The van der Waals surface area contributed by atoms with Crippen molar-refractivity contribution < 1.29 is 37.0 Å². The minimum Gasteiger partial charge on any atom is -0.475 e. The molecule has 0 spiro atoms. The van der Waals surface area contributed by atoms with Crippen molar-refractivity contribution in [3.63, 3.8) is 0 Å². The molecule has 0 radical (unpaired) electrons. The smallest absolute Gasteiger partial charge is 0.475 e. The lowest BCUT2D eigenvalue weighted by atomic mass is 10.1. The van der Waals surface area contributed by atoms with Crippen molar-refractivity contribution in [3.05, 3.63) is 59.4 Å². The maximum atomic E-state index is 12.8. The van der Waals surface area contributed by atoms with E-state index in [0.717, 1.165) is 23.4 Å². The second kappa shape index (κ2) is 8.10. The third-order valence-corrected chi connectivity index (χ3v) is 5.37. The Morgan fingerprint density at radius 1 is 1.06 bits per heavy atom. The number of benzene rings is 2. The Labute approximate surface area is 180 Å². The molecule has 3 aromatic rings. The quantitative estimate of drug-likeness (QED) is 0.641. The normalized spacial score (nSPS) is 14.6. The number of halogens is 3. The summed E-state index contributed by atoms with van der Waals surface area (Å²) >= 11 is 0. The lowest BCUT2D eigenvalue weighted by molar-refractivity contribution is -0.274. The zero-order chi connectivity index (χ0) is 23.0. The van der Waals surface area contributed by atoms with Gasteiger partial charge in [-0.3, -0.25) is 4.79 Å². The summed E-state index contributed by atoms with van der Waals surface area (Å²) in [5, 5.41) is 9.85. The van der Waals surface area contributed by atoms with Crippen LogP contribution < -0.4 is 9.64 Å². The number of carboxylic acid groups (broad SMARTS) is 1. The number of rotatable bonds is 4. The van der Waals surface area contributed by atoms with E-state index in [1.165, 1.54) is 18.2 Å². The van der Waals surface area contributed by atoms with Crippen molar-refractivity contribution in [3.8, 4) is 5.75 Å². The molecule has 32 heavy (non-hydrogen) atoms. The number of nitrogens with zero attached hydrogens (tertiary/aromatic N) is 2. The van der Waals surface area contributed by atoms with Gasteiger partial charge in [-0.05, 0) is 48.9 Å². The van der Waals surface area contributed by atoms with Crippen LogP contribution in [-0.4, -0.2) is 54.4 Å². The SMILES string of the molecule is Cc1c(N2CCN(C(=O)c3cccc(OC(F)(F)F)c3)CC2)ccc2oc(C(=O)O)cc12. The van der Waals surface area contributed by atoms with Gasteiger partial charge in [-0.15, -0.1) is 13.2 Å². The third kappa shape index (κ3) is 4.34. The number of alkyl halides is 3. The van der Waals surface area contributed by atoms with Crippen molar-refractivity contribution in [1.29, 1.82) is 0 Å². The van der Waals surface area contributed by atoms with Crippen molar-refractivity contribution in [2.24, 2.45) is 0 Å². The standard InChI is InChI=1S/C22H19F3N2O5/c1-13-16-12-19(21(29)30)31-18(16)6-5-17(13)26-7-9-27(10-8-26)20(28)14-3-2-4-15(11-14)32-22(23,24)25/h2-6,11-12H,7-10H2,1H3,(H,29,30). The highest BCUT2D eigenvalue weighted by molar-refractivity contribution is 5.95. The molecule has 1 fully saturated rings. The molecule has 1 saturated heterocycles. The first-order valence-electron chi connectivity index (χ1n) is 9.79. The number of hydrogen-bond acceptors (Lipinski definition) is 5. The first-order chi connectivity index (χ1) is 15.1. The largest absolute Gasteiger partial charge is 0.573 e. The molecule has 1 aliphatic heterocycles. The topological polar surface area (TPSA) is 83.2 Å². The van der Waals surface area contributed by atoms with Crippen molar-refractivity contribution >= 4 is 28.5 Å². The summed E-state index contributed by atoms with van der Waals surface area (Å²) in [4.78, 5) is 27.6. The molecule has 1 amide bonds. The van der Waals surface area contributed by atoms with Gasteiger partial charge in [0, 0.05) is 42.8 Å². The van der Waals surface area contributed by atoms with E-state index in [2.05, 4.69) is 9.64 Å². The fourth-order valence-corrected chi connectivity index (χ4v) is 3.85. The molecule has 10 heteroatoms. The van der Waals surface area contributed by atoms with Crippen molar-refractivity contribution in [2.45, 2.75) is 13.3 Å². The third-order valence-electron chi connectivity index (χ3n) is 5.37. The summed E-state index contributed by atoms with van der Waals surface area (Å²) in [6, 6.07) is 10.1. The maximum Gasteiger partial charge on any atom is 0.573 e. The predicted octanol–water partition coefficient (Wildman–Crippen LogP) is 4.30. The second-order valence-corrected chi connectivity index (χ2v) is 7.39. The Bertz CT molecular complexity index is 1180. The molecular weight excluding hydrogens is 429 g/mol. The molecular formula is C22H19F3N2O5. The number of amides is 1. The molecule has 2 heterocycles. The zero-order valence-electron chi connectivity index (χ0n) is 17.0. The van der Waals surface area contributed by atoms with Crippen LogP contribution in [-0.2, 0) is 0 Å². The van der Waals surface area contributed by atoms with Gasteiger partial charge in [0.15, 0.2) is 0 Å². The van der Waals surface area contributed by atoms with Crippen molar-refractivity contribution in [2.75, 3.05) is 31.1 Å². The number of anilines is 1. The fourth-order valence-electron chi connectivity index (χ4n) is 3.85. The Balaban J connectivity index is 1.46. The first-order valence-corrected chi connectivity index (χ1v) is 9.79. The monoisotopic (exact) mass is 448 g/mol. The number of hydrogen-bond donors (Lipinski definition) is 1. The summed E-state index contributed by atoms with van der Waals surface area (Å²) in [5.41, 5.74) is 2.38. The van der Waals surface area contributed by atoms with Gasteiger partial charge in [0.1, 0.15) is 11.3 Å². The van der Waals surface area contributed by atoms with Crippen LogP contribution in [0.1, 0.15) is 26.5 Å². The molecule has 1 N–H and O–H groups in total. The number of carboxylic acids is 1. The van der Waals surface area contributed by atoms with Gasteiger partial charge >= 0.3 is 12.3 Å². The van der Waals surface area contributed by atoms with Crippen LogP contribution in [0, 0.1) is 6.92 Å². The summed E-state index contributed by atoms with van der Waals surface area (Å²) < 4.78 is 46.6. The van der Waals surface area contributed by atoms with Crippen LogP contribution in [0.2, 0.25) is 0 Å². The van der Waals surface area contributed by atoms with Gasteiger partial charge in [-0.1, -0.05) is 6.07 Å². The van der Waals surface area contributed by atoms with E-state index >= 15 is 0 Å². The number of carbonyl (C=O) groups excluding carboxylic acids is 1. The molecule has 168 valence electrons. The predicted molar refractivity (Wildman–Crippen MR) is 109 cm³/mol. The average molecular weight is 448 g/mol. The number of ether oxygens (including phenoxy) is 1. The van der Waals surface area contributed by atoms with Crippen LogP contribution in [0.25, 0.3) is 11.0 Å². The van der Waals surface area contributed by atoms with E-state index in [9.17, 15) is 22.8 Å². The number of aryl methyl sites for hydroxylation is 1. The van der Waals surface area contributed by atoms with Crippen LogP contribution in [0.3, 0.4) is 0 Å². The number of furan rings is 1.